The summed E-state index contributed by atoms with van der Waals surface area (Å²) in [5.41, 5.74) is 1.94. The Balaban J connectivity index is 1.98. The first kappa shape index (κ1) is 10.6. The van der Waals surface area contributed by atoms with Crippen molar-refractivity contribution in [1.29, 1.82) is 0 Å². The van der Waals surface area contributed by atoms with Gasteiger partial charge in [0.05, 0.1) is 5.69 Å². The SMILES string of the molecule is Cc1cc(CC(F)C2CCCN2)n(C)n1. The van der Waals surface area contributed by atoms with Crippen LogP contribution in [0.3, 0.4) is 0 Å². The second-order valence-corrected chi connectivity index (χ2v) is 4.32. The Kier molecular flexibility index (Phi) is 3.05. The highest BCUT2D eigenvalue weighted by Crippen LogP contribution is 2.16. The van der Waals surface area contributed by atoms with Crippen LogP contribution in [0.1, 0.15) is 24.2 Å². The Morgan fingerprint density at radius 3 is 3.07 bits per heavy atom. The molecular formula is C11H18FN3. The molecule has 0 aromatic carbocycles. The monoisotopic (exact) mass is 211 g/mol. The van der Waals surface area contributed by atoms with Crippen LogP contribution in [0, 0.1) is 6.92 Å². The number of hydrogen-bond donors (Lipinski definition) is 1. The van der Waals surface area contributed by atoms with Gasteiger partial charge in [0.25, 0.3) is 0 Å². The summed E-state index contributed by atoms with van der Waals surface area (Å²) < 4.78 is 15.7. The lowest BCUT2D eigenvalue weighted by Gasteiger charge is -2.15. The molecule has 2 heterocycles. The molecule has 3 nitrogen and oxygen atoms in total. The van der Waals surface area contributed by atoms with Gasteiger partial charge in [0, 0.05) is 25.2 Å². The third-order valence-electron chi connectivity index (χ3n) is 3.04. The van der Waals surface area contributed by atoms with Gasteiger partial charge < -0.3 is 5.32 Å². The molecule has 1 aliphatic rings. The van der Waals surface area contributed by atoms with E-state index >= 15 is 0 Å². The van der Waals surface area contributed by atoms with Crippen LogP contribution in [0.5, 0.6) is 0 Å². The summed E-state index contributed by atoms with van der Waals surface area (Å²) >= 11 is 0. The molecule has 2 atom stereocenters. The van der Waals surface area contributed by atoms with Crippen molar-refractivity contribution < 1.29 is 4.39 Å². The molecular weight excluding hydrogens is 193 g/mol. The standard InChI is InChI=1S/C11H18FN3/c1-8-6-9(15(2)14-8)7-10(12)11-4-3-5-13-11/h6,10-11,13H,3-5,7H2,1-2H3. The predicted molar refractivity (Wildman–Crippen MR) is 57.6 cm³/mol. The van der Waals surface area contributed by atoms with Crippen LogP contribution in [-0.4, -0.2) is 28.5 Å². The van der Waals surface area contributed by atoms with Gasteiger partial charge in [0.1, 0.15) is 6.17 Å². The van der Waals surface area contributed by atoms with Crippen molar-refractivity contribution in [1.82, 2.24) is 15.1 Å². The van der Waals surface area contributed by atoms with E-state index in [1.165, 1.54) is 0 Å². The summed E-state index contributed by atoms with van der Waals surface area (Å²) in [6.07, 6.45) is 1.73. The van der Waals surface area contributed by atoms with E-state index in [9.17, 15) is 4.39 Å². The van der Waals surface area contributed by atoms with E-state index in [1.807, 2.05) is 20.0 Å². The molecule has 0 bridgehead atoms. The van der Waals surface area contributed by atoms with Crippen molar-refractivity contribution in [3.63, 3.8) is 0 Å². The lowest BCUT2D eigenvalue weighted by Crippen LogP contribution is -2.33. The van der Waals surface area contributed by atoms with E-state index in [4.69, 9.17) is 0 Å². The molecule has 0 saturated carbocycles. The number of rotatable bonds is 3. The fraction of sp³-hybridized carbons (Fsp3) is 0.727. The van der Waals surface area contributed by atoms with Crippen molar-refractivity contribution in [2.24, 2.45) is 7.05 Å². The summed E-state index contributed by atoms with van der Waals surface area (Å²) in [4.78, 5) is 0. The first-order chi connectivity index (χ1) is 7.16. The fourth-order valence-electron chi connectivity index (χ4n) is 2.22. The van der Waals surface area contributed by atoms with Crippen LogP contribution >= 0.6 is 0 Å². The molecule has 1 aromatic rings. The number of halogens is 1. The summed E-state index contributed by atoms with van der Waals surface area (Å²) in [5.74, 6) is 0. The van der Waals surface area contributed by atoms with Gasteiger partial charge in [0.2, 0.25) is 0 Å². The molecule has 1 aromatic heterocycles. The van der Waals surface area contributed by atoms with Crippen molar-refractivity contribution in [2.75, 3.05) is 6.54 Å². The zero-order valence-electron chi connectivity index (χ0n) is 9.33. The van der Waals surface area contributed by atoms with Gasteiger partial charge in [-0.15, -0.1) is 0 Å². The zero-order chi connectivity index (χ0) is 10.8. The van der Waals surface area contributed by atoms with E-state index in [2.05, 4.69) is 10.4 Å². The maximum absolute atomic E-state index is 13.9. The van der Waals surface area contributed by atoms with Crippen molar-refractivity contribution in [2.45, 2.75) is 38.4 Å². The third-order valence-corrected chi connectivity index (χ3v) is 3.04. The number of nitrogens with zero attached hydrogens (tertiary/aromatic N) is 2. The Labute approximate surface area is 89.7 Å². The molecule has 0 aliphatic carbocycles. The maximum Gasteiger partial charge on any atom is 0.121 e. The largest absolute Gasteiger partial charge is 0.311 e. The van der Waals surface area contributed by atoms with Crippen molar-refractivity contribution in [3.8, 4) is 0 Å². The molecule has 1 N–H and O–H groups in total. The molecule has 1 fully saturated rings. The van der Waals surface area contributed by atoms with Crippen LogP contribution in [0.4, 0.5) is 4.39 Å². The molecule has 2 rings (SSSR count). The first-order valence-electron chi connectivity index (χ1n) is 5.54. The molecule has 1 aliphatic heterocycles. The van der Waals surface area contributed by atoms with E-state index in [-0.39, 0.29) is 6.04 Å². The average Bonchev–Trinajstić information content (AvgIpc) is 2.76. The normalized spacial score (nSPS) is 23.3. The molecule has 2 unspecified atom stereocenters. The lowest BCUT2D eigenvalue weighted by atomic mass is 10.1. The quantitative estimate of drug-likeness (QED) is 0.818. The number of aryl methyl sites for hydroxylation is 2. The van der Waals surface area contributed by atoms with Gasteiger partial charge in [-0.3, -0.25) is 4.68 Å². The van der Waals surface area contributed by atoms with Gasteiger partial charge in [-0.25, -0.2) is 4.39 Å². The number of nitrogens with one attached hydrogen (secondary N) is 1. The summed E-state index contributed by atoms with van der Waals surface area (Å²) in [6.45, 7) is 2.89. The summed E-state index contributed by atoms with van der Waals surface area (Å²) in [6, 6.07) is 2.00. The van der Waals surface area contributed by atoms with Crippen LogP contribution in [0.25, 0.3) is 0 Å². The Bertz CT molecular complexity index is 329. The minimum atomic E-state index is -0.790. The highest BCUT2D eigenvalue weighted by Gasteiger charge is 2.25. The Morgan fingerprint density at radius 2 is 2.53 bits per heavy atom. The van der Waals surface area contributed by atoms with Gasteiger partial charge in [-0.1, -0.05) is 0 Å². The minimum Gasteiger partial charge on any atom is -0.311 e. The molecule has 1 saturated heterocycles. The topological polar surface area (TPSA) is 29.9 Å². The summed E-state index contributed by atoms with van der Waals surface area (Å²) in [5, 5.41) is 7.42. The first-order valence-corrected chi connectivity index (χ1v) is 5.54. The third kappa shape index (κ3) is 2.37. The lowest BCUT2D eigenvalue weighted by molar-refractivity contribution is 0.260. The van der Waals surface area contributed by atoms with Crippen LogP contribution in [0.15, 0.2) is 6.07 Å². The highest BCUT2D eigenvalue weighted by molar-refractivity contribution is 5.10. The minimum absolute atomic E-state index is 0.0419. The van der Waals surface area contributed by atoms with Crippen LogP contribution in [0.2, 0.25) is 0 Å². The van der Waals surface area contributed by atoms with Crippen molar-refractivity contribution >= 4 is 0 Å². The van der Waals surface area contributed by atoms with Gasteiger partial charge in [0.15, 0.2) is 0 Å². The average molecular weight is 211 g/mol. The number of aromatic nitrogens is 2. The second-order valence-electron chi connectivity index (χ2n) is 4.32. The van der Waals surface area contributed by atoms with E-state index in [1.54, 1.807) is 4.68 Å². The van der Waals surface area contributed by atoms with Gasteiger partial charge in [-0.05, 0) is 32.4 Å². The van der Waals surface area contributed by atoms with Gasteiger partial charge >= 0.3 is 0 Å². The van der Waals surface area contributed by atoms with Crippen LogP contribution < -0.4 is 5.32 Å². The molecule has 0 radical (unpaired) electrons. The van der Waals surface area contributed by atoms with E-state index in [0.717, 1.165) is 30.8 Å². The number of hydrogen-bond acceptors (Lipinski definition) is 2. The predicted octanol–water partition coefficient (Wildman–Crippen LogP) is 1.36. The fourth-order valence-corrected chi connectivity index (χ4v) is 2.22. The second kappa shape index (κ2) is 4.31. The van der Waals surface area contributed by atoms with E-state index in [0.29, 0.717) is 6.42 Å². The molecule has 15 heavy (non-hydrogen) atoms. The van der Waals surface area contributed by atoms with Gasteiger partial charge in [-0.2, -0.15) is 5.10 Å². The Hall–Kier alpha value is -0.900. The smallest absolute Gasteiger partial charge is 0.121 e. The molecule has 0 spiro atoms. The van der Waals surface area contributed by atoms with E-state index < -0.39 is 6.17 Å². The highest BCUT2D eigenvalue weighted by atomic mass is 19.1. The van der Waals surface area contributed by atoms with Crippen molar-refractivity contribution in [3.05, 3.63) is 17.5 Å². The molecule has 4 heteroatoms. The molecule has 0 amide bonds. The zero-order valence-corrected chi connectivity index (χ0v) is 9.33. The number of alkyl halides is 1. The van der Waals surface area contributed by atoms with Crippen LogP contribution in [-0.2, 0) is 13.5 Å². The summed E-state index contributed by atoms with van der Waals surface area (Å²) in [7, 11) is 1.87. The Morgan fingerprint density at radius 1 is 1.73 bits per heavy atom. The maximum atomic E-state index is 13.9. The molecule has 84 valence electrons.